The quantitative estimate of drug-likeness (QED) is 0.113. The summed E-state index contributed by atoms with van der Waals surface area (Å²) in [5, 5.41) is 40.8. The highest BCUT2D eigenvalue weighted by atomic mass is 16.6. The Kier molecular flexibility index (Phi) is 14.6. The fraction of sp³-hybridized carbons (Fsp3) is 0.580. The zero-order chi connectivity index (χ0) is 49.4. The molecule has 3 aliphatic carbocycles. The molecule has 4 aliphatic rings. The normalized spacial score (nSPS) is 30.6. The molecule has 0 aromatic heterocycles. The lowest BCUT2D eigenvalue weighted by atomic mass is 9.44. The maximum Gasteiger partial charge on any atom is 0.408 e. The Hall–Kier alpha value is -5.49. The molecular weight excluding hydrogens is 871 g/mol. The molecule has 0 unspecified atom stereocenters. The number of amides is 1. The molecule has 3 fully saturated rings. The summed E-state index contributed by atoms with van der Waals surface area (Å²) in [5.41, 5.74) is -8.06. The number of nitrogens with one attached hydrogen (secondary N) is 1. The molecule has 2 saturated carbocycles. The summed E-state index contributed by atoms with van der Waals surface area (Å²) in [7, 11) is 0. The molecule has 2 bridgehead atoms. The third kappa shape index (κ3) is 9.65. The summed E-state index contributed by atoms with van der Waals surface area (Å²) >= 11 is 0. The van der Waals surface area contributed by atoms with Crippen molar-refractivity contribution in [2.24, 2.45) is 22.7 Å². The highest BCUT2D eigenvalue weighted by Crippen LogP contribution is 2.64. The van der Waals surface area contributed by atoms with Gasteiger partial charge in [-0.1, -0.05) is 74.9 Å². The number of fused-ring (bicyclic) bond motifs is 5. The van der Waals surface area contributed by atoms with Gasteiger partial charge in [-0.3, -0.25) is 19.2 Å². The number of ether oxygens (including phenoxy) is 6. The minimum atomic E-state index is -2.33. The van der Waals surface area contributed by atoms with Crippen molar-refractivity contribution in [1.82, 2.24) is 5.32 Å². The number of carbonyl (C=O) groups excluding carboxylic acids is 7. The smallest absolute Gasteiger partial charge is 0.408 e. The molecule has 17 heteroatoms. The van der Waals surface area contributed by atoms with Gasteiger partial charge < -0.3 is 49.1 Å². The van der Waals surface area contributed by atoms with Gasteiger partial charge in [0.1, 0.15) is 35.6 Å². The van der Waals surface area contributed by atoms with E-state index in [0.717, 1.165) is 6.92 Å². The van der Waals surface area contributed by atoms with Crippen LogP contribution >= 0.6 is 0 Å². The van der Waals surface area contributed by atoms with Gasteiger partial charge >= 0.3 is 30.0 Å². The van der Waals surface area contributed by atoms with Crippen LogP contribution in [0.2, 0.25) is 0 Å². The van der Waals surface area contributed by atoms with Crippen LogP contribution in [-0.2, 0) is 52.4 Å². The second-order valence-electron chi connectivity index (χ2n) is 19.9. The van der Waals surface area contributed by atoms with Crippen LogP contribution in [0.25, 0.3) is 0 Å². The van der Waals surface area contributed by atoms with E-state index in [9.17, 15) is 39.3 Å². The van der Waals surface area contributed by atoms with E-state index < -0.39 is 137 Å². The largest absolute Gasteiger partial charge is 0.455 e. The van der Waals surface area contributed by atoms with Gasteiger partial charge in [0, 0.05) is 31.6 Å². The van der Waals surface area contributed by atoms with Gasteiger partial charge in [-0.2, -0.15) is 0 Å². The van der Waals surface area contributed by atoms with Crippen LogP contribution in [-0.4, -0.2) is 117 Å². The molecule has 4 N–H and O–H groups in total. The summed E-state index contributed by atoms with van der Waals surface area (Å²) < 4.78 is 34.9. The van der Waals surface area contributed by atoms with Gasteiger partial charge in [-0.25, -0.2) is 14.4 Å². The van der Waals surface area contributed by atoms with Crippen molar-refractivity contribution in [2.75, 3.05) is 13.2 Å². The number of carbonyl (C=O) groups is 7. The highest BCUT2D eigenvalue weighted by Gasteiger charge is 2.77. The van der Waals surface area contributed by atoms with Gasteiger partial charge in [-0.05, 0) is 76.6 Å². The van der Waals surface area contributed by atoms with Crippen LogP contribution in [0.4, 0.5) is 4.79 Å². The molecule has 17 nitrogen and oxygen atoms in total. The summed E-state index contributed by atoms with van der Waals surface area (Å²) in [6.07, 6.45) is -9.87. The standard InChI is InChI=1S/C50H63NO16/c1-10-17-35(55)62-25-36(56)64-40(38(29-18-13-11-14-19-29)51-45(60)67-46(4,5)6)32(53)22-31-24-50(61)43(65-44(59)30-20-15-12-16-21-30)41-48(9,42(58)39(57)37(27(31)2)47(50,7)8)33(54)23-34-49(41,26-63-34)66-28(3)52/h11-16,18-21,31,33-34,38-41,43,54,57,61H,10,17,22-26H2,1-9H3,(H,51,60)/t31-,33-,34+,38-,39+,40-,41-,43-,48+,49-,50+/m0/s1. The molecule has 1 amide bonds. The number of rotatable bonds is 14. The predicted molar refractivity (Wildman–Crippen MR) is 237 cm³/mol. The summed E-state index contributed by atoms with van der Waals surface area (Å²) in [6.45, 7) is 12.8. The number of allylic oxidation sites excluding steroid dienone is 1. The minimum Gasteiger partial charge on any atom is -0.455 e. The first-order chi connectivity index (χ1) is 31.3. The van der Waals surface area contributed by atoms with Gasteiger partial charge in [-0.15, -0.1) is 0 Å². The van der Waals surface area contributed by atoms with Crippen molar-refractivity contribution < 1.29 is 77.3 Å². The van der Waals surface area contributed by atoms with Gasteiger partial charge in [0.25, 0.3) is 0 Å². The topological polar surface area (TPSA) is 248 Å². The first kappa shape index (κ1) is 50.9. The van der Waals surface area contributed by atoms with E-state index in [0.29, 0.717) is 17.6 Å². The van der Waals surface area contributed by atoms with E-state index >= 15 is 9.59 Å². The molecule has 1 heterocycles. The number of aliphatic hydroxyl groups is 3. The van der Waals surface area contributed by atoms with E-state index in [1.807, 2.05) is 0 Å². The molecule has 1 saturated heterocycles. The van der Waals surface area contributed by atoms with Crippen LogP contribution in [0.1, 0.15) is 116 Å². The molecule has 11 atom stereocenters. The molecule has 6 rings (SSSR count). The lowest BCUT2D eigenvalue weighted by Crippen LogP contribution is -2.81. The number of Topliss-reactive ketones (excluding diaryl/α,β-unsaturated/α-hetero) is 2. The minimum absolute atomic E-state index is 0.00641. The molecule has 0 spiro atoms. The van der Waals surface area contributed by atoms with Crippen molar-refractivity contribution in [3.63, 3.8) is 0 Å². The molecule has 364 valence electrons. The zero-order valence-corrected chi connectivity index (χ0v) is 39.5. The van der Waals surface area contributed by atoms with E-state index in [-0.39, 0.29) is 30.6 Å². The second kappa shape index (κ2) is 19.2. The molecule has 67 heavy (non-hydrogen) atoms. The maximum absolute atomic E-state index is 15.2. The lowest BCUT2D eigenvalue weighted by molar-refractivity contribution is -0.345. The first-order valence-corrected chi connectivity index (χ1v) is 22.7. The van der Waals surface area contributed by atoms with Crippen molar-refractivity contribution in [3.05, 3.63) is 82.9 Å². The number of hydrogen-bond donors (Lipinski definition) is 4. The SMILES string of the molecule is CCCC(=O)OCC(=O)O[C@@H](C(=O)C[C@H]1C[C@@]2(O)[C@@H](OC(=O)c3ccccc3)[C@@H]3[C@]4(OC(C)=O)CO[C@@H]4C[C@H](O)[C@@]3(C)C(=O)[C@H](O)C(=C1C)C2(C)C)[C@@H](NC(=O)OC(C)(C)C)c1ccccc1. The highest BCUT2D eigenvalue weighted by molar-refractivity contribution is 5.94. The zero-order valence-electron chi connectivity index (χ0n) is 39.5. The third-order valence-electron chi connectivity index (χ3n) is 14.1. The van der Waals surface area contributed by atoms with Crippen LogP contribution < -0.4 is 5.32 Å². The summed E-state index contributed by atoms with van der Waals surface area (Å²) in [5.74, 6) is -7.85. The number of ketones is 2. The van der Waals surface area contributed by atoms with E-state index in [4.69, 9.17) is 28.4 Å². The van der Waals surface area contributed by atoms with Crippen LogP contribution in [0.3, 0.4) is 0 Å². The molecule has 2 aromatic carbocycles. The van der Waals surface area contributed by atoms with Gasteiger partial charge in [0.05, 0.1) is 29.6 Å². The summed E-state index contributed by atoms with van der Waals surface area (Å²) in [4.78, 5) is 96.9. The van der Waals surface area contributed by atoms with E-state index in [1.165, 1.54) is 19.1 Å². The Morgan fingerprint density at radius 3 is 2.13 bits per heavy atom. The summed E-state index contributed by atoms with van der Waals surface area (Å²) in [6, 6.07) is 14.6. The number of benzene rings is 2. The number of alkyl carbamates (subject to hydrolysis) is 1. The Labute approximate surface area is 389 Å². The molecule has 1 aliphatic heterocycles. The lowest BCUT2D eigenvalue weighted by Gasteiger charge is -2.67. The average molecular weight is 934 g/mol. The van der Waals surface area contributed by atoms with Crippen molar-refractivity contribution in [1.29, 1.82) is 0 Å². The van der Waals surface area contributed by atoms with Crippen molar-refractivity contribution >= 4 is 41.5 Å². The maximum atomic E-state index is 15.2. The van der Waals surface area contributed by atoms with E-state index in [1.54, 1.807) is 97.0 Å². The Morgan fingerprint density at radius 1 is 0.940 bits per heavy atom. The third-order valence-corrected chi connectivity index (χ3v) is 14.1. The Morgan fingerprint density at radius 2 is 1.57 bits per heavy atom. The number of aliphatic hydroxyl groups excluding tert-OH is 2. The number of hydrogen-bond acceptors (Lipinski definition) is 16. The molecule has 0 radical (unpaired) electrons. The predicted octanol–water partition coefficient (Wildman–Crippen LogP) is 4.82. The second-order valence-corrected chi connectivity index (χ2v) is 19.9. The van der Waals surface area contributed by atoms with Crippen LogP contribution in [0.5, 0.6) is 0 Å². The Balaban J connectivity index is 1.51. The van der Waals surface area contributed by atoms with Crippen LogP contribution in [0.15, 0.2) is 71.8 Å². The van der Waals surface area contributed by atoms with Crippen molar-refractivity contribution in [3.8, 4) is 0 Å². The average Bonchev–Trinajstić information content (AvgIpc) is 3.25. The number of esters is 4. The fourth-order valence-corrected chi connectivity index (χ4v) is 10.7. The van der Waals surface area contributed by atoms with Crippen LogP contribution in [0, 0.1) is 22.7 Å². The Bertz CT molecular complexity index is 2270. The monoisotopic (exact) mass is 933 g/mol. The van der Waals surface area contributed by atoms with Gasteiger partial charge in [0.15, 0.2) is 29.9 Å². The van der Waals surface area contributed by atoms with Crippen molar-refractivity contribution in [2.45, 2.75) is 148 Å². The van der Waals surface area contributed by atoms with Gasteiger partial charge in [0.2, 0.25) is 0 Å². The molecule has 2 aromatic rings. The molecular formula is C50H63NO16. The first-order valence-electron chi connectivity index (χ1n) is 22.7. The fourth-order valence-electron chi connectivity index (χ4n) is 10.7. The van der Waals surface area contributed by atoms with E-state index in [2.05, 4.69) is 5.32 Å².